The Balaban J connectivity index is 0.000000563. The minimum absolute atomic E-state index is 0.681. The van der Waals surface area contributed by atoms with Crippen LogP contribution < -0.4 is 4.84 Å². The highest BCUT2D eigenvalue weighted by Gasteiger charge is 2.20. The highest BCUT2D eigenvalue weighted by atomic mass is 19.5. The van der Waals surface area contributed by atoms with Gasteiger partial charge in [0.1, 0.15) is 11.0 Å². The molecule has 1 aromatic heterocycles. The predicted molar refractivity (Wildman–Crippen MR) is 94.8 cm³/mol. The Morgan fingerprint density at radius 3 is 2.04 bits per heavy atom. The lowest BCUT2D eigenvalue weighted by Crippen LogP contribution is -2.39. The second-order valence-corrected chi connectivity index (χ2v) is 5.68. The van der Waals surface area contributed by atoms with Gasteiger partial charge in [-0.15, -0.1) is 5.10 Å². The minimum Gasteiger partial charge on any atom is -0.418 e. The van der Waals surface area contributed by atoms with Crippen molar-refractivity contribution in [2.75, 3.05) is 42.3 Å². The first-order valence-corrected chi connectivity index (χ1v) is 7.56. The summed E-state index contributed by atoms with van der Waals surface area (Å²) in [5, 5.41) is 8.00. The van der Waals surface area contributed by atoms with E-state index in [0.717, 1.165) is 17.4 Å². The number of rotatable bonds is 2. The summed E-state index contributed by atoms with van der Waals surface area (Å²) in [7, 11) is 5.02. The second kappa shape index (κ2) is 11.0. The van der Waals surface area contributed by atoms with Gasteiger partial charge in [0.25, 0.3) is 0 Å². The molecule has 0 aliphatic rings. The smallest absolute Gasteiger partial charge is 0.418 e. The third-order valence-corrected chi connectivity index (χ3v) is 2.47. The molecule has 0 bridgehead atoms. The Labute approximate surface area is 154 Å². The molecule has 0 atom stereocenters. The summed E-state index contributed by atoms with van der Waals surface area (Å²) in [6.45, 7) is 0. The topological polar surface area (TPSA) is 66.5 Å². The maximum absolute atomic E-state index is 9.75. The fourth-order valence-corrected chi connectivity index (χ4v) is 1.56. The molecule has 2 rings (SSSR count). The molecule has 152 valence electrons. The fraction of sp³-hybridized carbons (Fsp3) is 0.429. The van der Waals surface area contributed by atoms with E-state index in [-0.39, 0.29) is 0 Å². The molecule has 0 spiro atoms. The van der Waals surface area contributed by atoms with Crippen LogP contribution in [0.5, 0.6) is 0 Å². The summed E-state index contributed by atoms with van der Waals surface area (Å²) in [5.41, 5.74) is 1.65. The van der Waals surface area contributed by atoms with E-state index >= 15 is 0 Å². The number of carbonyl (C=O) groups is 1. The summed E-state index contributed by atoms with van der Waals surface area (Å²) in [5.74, 6) is 0. The predicted octanol–water partition coefficient (Wildman–Crippen LogP) is 1.05. The Kier molecular flexibility index (Phi) is 9.82. The molecular weight excluding hydrogens is 371 g/mol. The maximum atomic E-state index is 9.75. The number of halogens is 4. The van der Waals surface area contributed by atoms with Gasteiger partial charge in [-0.2, -0.15) is 0 Å². The van der Waals surface area contributed by atoms with Crippen LogP contribution in [0.2, 0.25) is 0 Å². The Bertz CT molecular complexity index is 739. The molecule has 1 amide bonds. The molecule has 2 aromatic rings. The molecule has 0 fully saturated rings. The lowest BCUT2D eigenvalue weighted by molar-refractivity contribution is -0.480. The first-order valence-electron chi connectivity index (χ1n) is 7.56. The van der Waals surface area contributed by atoms with Crippen LogP contribution in [0.4, 0.5) is 17.3 Å². The van der Waals surface area contributed by atoms with E-state index in [4.69, 9.17) is 4.84 Å². The van der Waals surface area contributed by atoms with Gasteiger partial charge < -0.3 is 22.2 Å². The summed E-state index contributed by atoms with van der Waals surface area (Å²) in [4.78, 5) is 19.9. The number of carbonyl (C=O) groups excluding carboxylic acids is 1. The van der Waals surface area contributed by atoms with E-state index in [1.165, 1.54) is 9.75 Å². The van der Waals surface area contributed by atoms with Crippen LogP contribution in [0.3, 0.4) is 0 Å². The minimum atomic E-state index is -6.00. The van der Waals surface area contributed by atoms with Gasteiger partial charge in [0.2, 0.25) is 6.41 Å². The molecule has 0 saturated heterocycles. The van der Waals surface area contributed by atoms with E-state index in [0.29, 0.717) is 6.02 Å². The van der Waals surface area contributed by atoms with Crippen LogP contribution in [-0.4, -0.2) is 91.5 Å². The second-order valence-electron chi connectivity index (χ2n) is 5.68. The number of hydrogen-bond donors (Lipinski definition) is 0. The monoisotopic (exact) mass is 394 g/mol. The standard InChI is InChI=1S/C11H16N5O.C3H7NO.BF4/c1-14(2)11(15(3)4)17-16-10-8-6-5-7-9(10)12-13-16;1-4(2)3-5;2-1(3,4)5/h5-8H,1-4H3;3H,1-2H3;/q+1;;-1. The van der Waals surface area contributed by atoms with Gasteiger partial charge in [-0.1, -0.05) is 17.0 Å². The zero-order valence-corrected chi connectivity index (χ0v) is 16.0. The highest BCUT2D eigenvalue weighted by Crippen LogP contribution is 2.08. The van der Waals surface area contributed by atoms with Crippen molar-refractivity contribution in [1.29, 1.82) is 0 Å². The molecule has 0 saturated carbocycles. The van der Waals surface area contributed by atoms with Crippen molar-refractivity contribution >= 4 is 30.7 Å². The maximum Gasteiger partial charge on any atom is 0.673 e. The van der Waals surface area contributed by atoms with Crippen molar-refractivity contribution in [3.63, 3.8) is 0 Å². The fourth-order valence-electron chi connectivity index (χ4n) is 1.56. The van der Waals surface area contributed by atoms with Crippen molar-refractivity contribution < 1.29 is 31.5 Å². The summed E-state index contributed by atoms with van der Waals surface area (Å²) < 4.78 is 40.9. The van der Waals surface area contributed by atoms with Gasteiger partial charge in [-0.3, -0.25) is 9.63 Å². The molecular formula is C14H23BF4N6O2. The third-order valence-electron chi connectivity index (χ3n) is 2.47. The van der Waals surface area contributed by atoms with Gasteiger partial charge >= 0.3 is 13.3 Å². The van der Waals surface area contributed by atoms with Crippen LogP contribution in [-0.2, 0) is 4.79 Å². The van der Waals surface area contributed by atoms with Gasteiger partial charge in [0.15, 0.2) is 0 Å². The average Bonchev–Trinajstić information content (AvgIpc) is 2.94. The molecule has 1 heterocycles. The average molecular weight is 394 g/mol. The SMILES string of the molecule is CN(C)C(On1nnc2ccccc21)=[N+](C)C.CN(C)C=O.F[B-](F)(F)F. The van der Waals surface area contributed by atoms with Gasteiger partial charge in [-0.05, 0) is 17.3 Å². The van der Waals surface area contributed by atoms with Crippen LogP contribution in [0.15, 0.2) is 24.3 Å². The summed E-state index contributed by atoms with van der Waals surface area (Å²) >= 11 is 0. The van der Waals surface area contributed by atoms with E-state index in [1.807, 2.05) is 61.9 Å². The van der Waals surface area contributed by atoms with Crippen molar-refractivity contribution in [3.05, 3.63) is 24.3 Å². The number of nitrogens with zero attached hydrogens (tertiary/aromatic N) is 6. The van der Waals surface area contributed by atoms with Gasteiger partial charge in [0, 0.05) is 14.1 Å². The molecule has 0 unspecified atom stereocenters. The van der Waals surface area contributed by atoms with Crippen LogP contribution in [0, 0.1) is 0 Å². The number of fused-ring (bicyclic) bond motifs is 1. The van der Waals surface area contributed by atoms with Crippen LogP contribution in [0.1, 0.15) is 0 Å². The number of para-hydroxylation sites is 1. The number of benzene rings is 1. The van der Waals surface area contributed by atoms with Crippen LogP contribution in [0.25, 0.3) is 11.0 Å². The zero-order valence-electron chi connectivity index (χ0n) is 16.0. The quantitative estimate of drug-likeness (QED) is 0.190. The number of amides is 1. The third kappa shape index (κ3) is 10.7. The van der Waals surface area contributed by atoms with Crippen molar-refractivity contribution in [2.45, 2.75) is 0 Å². The Morgan fingerprint density at radius 1 is 1.15 bits per heavy atom. The molecule has 0 aliphatic carbocycles. The Hall–Kier alpha value is -2.86. The highest BCUT2D eigenvalue weighted by molar-refractivity contribution is 6.50. The zero-order chi connectivity index (χ0) is 21.2. The van der Waals surface area contributed by atoms with Crippen molar-refractivity contribution in [1.82, 2.24) is 25.0 Å². The largest absolute Gasteiger partial charge is 0.673 e. The summed E-state index contributed by atoms with van der Waals surface area (Å²) in [6.07, 6.45) is 0.750. The van der Waals surface area contributed by atoms with Crippen LogP contribution >= 0.6 is 0 Å². The lowest BCUT2D eigenvalue weighted by Gasteiger charge is -2.10. The first-order chi connectivity index (χ1) is 12.4. The molecule has 0 aliphatic heterocycles. The normalized spacial score (nSPS) is 10.0. The van der Waals surface area contributed by atoms with E-state index in [1.54, 1.807) is 14.1 Å². The van der Waals surface area contributed by atoms with Crippen molar-refractivity contribution in [2.24, 2.45) is 0 Å². The number of aromatic nitrogens is 3. The molecule has 0 N–H and O–H groups in total. The molecule has 8 nitrogen and oxygen atoms in total. The van der Waals surface area contributed by atoms with E-state index in [9.17, 15) is 22.1 Å². The van der Waals surface area contributed by atoms with E-state index in [2.05, 4.69) is 10.3 Å². The Morgan fingerprint density at radius 2 is 1.63 bits per heavy atom. The van der Waals surface area contributed by atoms with E-state index < -0.39 is 7.25 Å². The summed E-state index contributed by atoms with van der Waals surface area (Å²) in [6, 6.07) is 8.34. The molecule has 0 radical (unpaired) electrons. The molecule has 13 heteroatoms. The number of hydrogen-bond acceptors (Lipinski definition) is 4. The van der Waals surface area contributed by atoms with Gasteiger partial charge in [0.05, 0.1) is 28.2 Å². The lowest BCUT2D eigenvalue weighted by atomic mass is 10.3. The molecule has 27 heavy (non-hydrogen) atoms. The van der Waals surface area contributed by atoms with Gasteiger partial charge in [-0.25, -0.2) is 9.48 Å². The van der Waals surface area contributed by atoms with Crippen molar-refractivity contribution in [3.8, 4) is 0 Å². The first kappa shape index (κ1) is 24.1. The molecule has 1 aromatic carbocycles. The number of amidine groups is 1.